The summed E-state index contributed by atoms with van der Waals surface area (Å²) in [5, 5.41) is 14.1. The average Bonchev–Trinajstić information content (AvgIpc) is 2.57. The number of benzene rings is 2. The zero-order valence-electron chi connectivity index (χ0n) is 13.3. The van der Waals surface area contributed by atoms with E-state index in [9.17, 15) is 27.3 Å². The number of nitrogens with zero attached hydrogens (tertiary/aromatic N) is 1. The van der Waals surface area contributed by atoms with Gasteiger partial charge in [0.25, 0.3) is 5.69 Å². The Bertz CT molecular complexity index is 919. The quantitative estimate of drug-likeness (QED) is 0.600. The number of hydrogen-bond donors (Lipinski definition) is 2. The van der Waals surface area contributed by atoms with Crippen molar-refractivity contribution in [2.75, 3.05) is 12.4 Å². The van der Waals surface area contributed by atoms with Gasteiger partial charge in [0, 0.05) is 12.1 Å². The first kappa shape index (κ1) is 18.7. The van der Waals surface area contributed by atoms with Gasteiger partial charge in [-0.15, -0.1) is 0 Å². The molecule has 0 aliphatic heterocycles. The van der Waals surface area contributed by atoms with E-state index in [-0.39, 0.29) is 10.6 Å². The Morgan fingerprint density at radius 2 is 1.80 bits per heavy atom. The van der Waals surface area contributed by atoms with Gasteiger partial charge in [-0.25, -0.2) is 21.9 Å². The van der Waals surface area contributed by atoms with E-state index in [4.69, 9.17) is 0 Å². The molecule has 0 aliphatic rings. The lowest BCUT2D eigenvalue weighted by molar-refractivity contribution is -0.384. The second-order valence-corrected chi connectivity index (χ2v) is 7.07. The zero-order valence-corrected chi connectivity index (χ0v) is 14.1. The highest BCUT2D eigenvalue weighted by Crippen LogP contribution is 2.30. The van der Waals surface area contributed by atoms with Crippen LogP contribution in [0.25, 0.3) is 0 Å². The first-order chi connectivity index (χ1) is 11.7. The molecule has 1 unspecified atom stereocenters. The molecule has 10 heteroatoms. The van der Waals surface area contributed by atoms with E-state index in [1.54, 1.807) is 6.92 Å². The standard InChI is InChI=1S/C15H15F2N3O4S/c1-9(10-3-5-12(16)13(17)7-10)19-14-6-4-11(25(23,24)18-2)8-15(14)20(21)22/h3-9,18-19H,1-2H3. The van der Waals surface area contributed by atoms with Crippen LogP contribution >= 0.6 is 0 Å². The lowest BCUT2D eigenvalue weighted by atomic mass is 10.1. The third-order valence-corrected chi connectivity index (χ3v) is 4.97. The van der Waals surface area contributed by atoms with Crippen molar-refractivity contribution < 1.29 is 22.1 Å². The zero-order chi connectivity index (χ0) is 18.8. The summed E-state index contributed by atoms with van der Waals surface area (Å²) in [6.45, 7) is 1.61. The summed E-state index contributed by atoms with van der Waals surface area (Å²) in [6, 6.07) is 6.09. The summed E-state index contributed by atoms with van der Waals surface area (Å²) in [5.41, 5.74) is -0.0248. The molecule has 1 atom stereocenters. The normalized spacial score (nSPS) is 12.6. The number of halogens is 2. The van der Waals surface area contributed by atoms with Gasteiger partial charge in [-0.3, -0.25) is 10.1 Å². The molecule has 25 heavy (non-hydrogen) atoms. The molecule has 2 aromatic rings. The van der Waals surface area contributed by atoms with Gasteiger partial charge in [-0.2, -0.15) is 0 Å². The Balaban J connectivity index is 2.38. The van der Waals surface area contributed by atoms with Crippen LogP contribution in [0, 0.1) is 21.7 Å². The first-order valence-corrected chi connectivity index (χ1v) is 8.57. The maximum absolute atomic E-state index is 13.3. The lowest BCUT2D eigenvalue weighted by Crippen LogP contribution is -2.19. The molecule has 0 aromatic heterocycles. The average molecular weight is 371 g/mol. The van der Waals surface area contributed by atoms with Gasteiger partial charge in [0.05, 0.1) is 9.82 Å². The monoisotopic (exact) mass is 371 g/mol. The fourth-order valence-corrected chi connectivity index (χ4v) is 2.92. The molecule has 0 spiro atoms. The topological polar surface area (TPSA) is 101 Å². The van der Waals surface area contributed by atoms with Gasteiger partial charge < -0.3 is 5.32 Å². The van der Waals surface area contributed by atoms with Crippen molar-refractivity contribution in [2.45, 2.75) is 17.9 Å². The van der Waals surface area contributed by atoms with E-state index in [1.165, 1.54) is 25.2 Å². The van der Waals surface area contributed by atoms with Crippen LogP contribution < -0.4 is 10.0 Å². The van der Waals surface area contributed by atoms with E-state index in [0.717, 1.165) is 18.2 Å². The van der Waals surface area contributed by atoms with Crippen LogP contribution in [-0.4, -0.2) is 20.4 Å². The molecule has 0 aliphatic carbocycles. The third-order valence-electron chi connectivity index (χ3n) is 3.56. The van der Waals surface area contributed by atoms with Crippen molar-refractivity contribution in [3.63, 3.8) is 0 Å². The molecule has 0 radical (unpaired) electrons. The number of nitro benzene ring substituents is 1. The van der Waals surface area contributed by atoms with Crippen molar-refractivity contribution in [3.8, 4) is 0 Å². The number of rotatable bonds is 6. The lowest BCUT2D eigenvalue weighted by Gasteiger charge is -2.16. The third kappa shape index (κ3) is 4.09. The Labute approximate surface area is 142 Å². The summed E-state index contributed by atoms with van der Waals surface area (Å²) in [4.78, 5) is 10.3. The van der Waals surface area contributed by atoms with Gasteiger partial charge in [-0.1, -0.05) is 6.07 Å². The van der Waals surface area contributed by atoms with Crippen molar-refractivity contribution in [1.29, 1.82) is 0 Å². The second kappa shape index (κ2) is 7.11. The predicted molar refractivity (Wildman–Crippen MR) is 87.7 cm³/mol. The van der Waals surface area contributed by atoms with Crippen molar-refractivity contribution in [2.24, 2.45) is 0 Å². The largest absolute Gasteiger partial charge is 0.373 e. The van der Waals surface area contributed by atoms with Gasteiger partial charge in [0.2, 0.25) is 10.0 Å². The van der Waals surface area contributed by atoms with Crippen LogP contribution in [0.4, 0.5) is 20.2 Å². The van der Waals surface area contributed by atoms with E-state index in [0.29, 0.717) is 5.56 Å². The number of nitrogens with one attached hydrogen (secondary N) is 2. The maximum Gasteiger partial charge on any atom is 0.293 e. The van der Waals surface area contributed by atoms with Crippen LogP contribution in [0.15, 0.2) is 41.3 Å². The highest BCUT2D eigenvalue weighted by atomic mass is 32.2. The molecule has 2 rings (SSSR count). The summed E-state index contributed by atoms with van der Waals surface area (Å²) in [6.07, 6.45) is 0. The molecular formula is C15H15F2N3O4S. The smallest absolute Gasteiger partial charge is 0.293 e. The van der Waals surface area contributed by atoms with E-state index in [1.807, 2.05) is 0 Å². The van der Waals surface area contributed by atoms with Crippen LogP contribution in [0.3, 0.4) is 0 Å². The molecule has 2 N–H and O–H groups in total. The summed E-state index contributed by atoms with van der Waals surface area (Å²) in [7, 11) is -2.64. The Hall–Kier alpha value is -2.59. The number of nitro groups is 1. The van der Waals surface area contributed by atoms with Crippen LogP contribution in [-0.2, 0) is 10.0 Å². The maximum atomic E-state index is 13.3. The second-order valence-electron chi connectivity index (χ2n) is 5.18. The Kier molecular flexibility index (Phi) is 5.33. The van der Waals surface area contributed by atoms with Gasteiger partial charge in [0.1, 0.15) is 5.69 Å². The molecule has 0 amide bonds. The Morgan fingerprint density at radius 3 is 2.36 bits per heavy atom. The molecule has 0 heterocycles. The minimum Gasteiger partial charge on any atom is -0.373 e. The van der Waals surface area contributed by atoms with Crippen molar-refractivity contribution in [3.05, 3.63) is 63.7 Å². The fourth-order valence-electron chi connectivity index (χ4n) is 2.17. The van der Waals surface area contributed by atoms with Gasteiger partial charge >= 0.3 is 0 Å². The highest BCUT2D eigenvalue weighted by Gasteiger charge is 2.21. The minimum absolute atomic E-state index is 0.0530. The predicted octanol–water partition coefficient (Wildman–Crippen LogP) is 2.95. The van der Waals surface area contributed by atoms with Crippen molar-refractivity contribution in [1.82, 2.24) is 4.72 Å². The molecule has 0 saturated heterocycles. The van der Waals surface area contributed by atoms with Gasteiger partial charge in [0.15, 0.2) is 11.6 Å². The number of hydrogen-bond acceptors (Lipinski definition) is 5. The molecule has 0 bridgehead atoms. The van der Waals surface area contributed by atoms with Gasteiger partial charge in [-0.05, 0) is 43.8 Å². The first-order valence-electron chi connectivity index (χ1n) is 7.09. The van der Waals surface area contributed by atoms with Crippen LogP contribution in [0.1, 0.15) is 18.5 Å². The minimum atomic E-state index is -3.84. The SMILES string of the molecule is CNS(=O)(=O)c1ccc(NC(C)c2ccc(F)c(F)c2)c([N+](=O)[O-])c1. The molecule has 134 valence electrons. The fraction of sp³-hybridized carbons (Fsp3) is 0.200. The van der Waals surface area contributed by atoms with E-state index in [2.05, 4.69) is 10.0 Å². The number of anilines is 1. The Morgan fingerprint density at radius 1 is 1.12 bits per heavy atom. The van der Waals surface area contributed by atoms with E-state index >= 15 is 0 Å². The highest BCUT2D eigenvalue weighted by molar-refractivity contribution is 7.89. The molecule has 7 nitrogen and oxygen atoms in total. The molecule has 2 aromatic carbocycles. The van der Waals surface area contributed by atoms with Crippen LogP contribution in [0.5, 0.6) is 0 Å². The molecule has 0 fully saturated rings. The van der Waals surface area contributed by atoms with Crippen molar-refractivity contribution >= 4 is 21.4 Å². The molecule has 0 saturated carbocycles. The van der Waals surface area contributed by atoms with E-state index < -0.39 is 38.3 Å². The summed E-state index contributed by atoms with van der Waals surface area (Å²) < 4.78 is 51.9. The summed E-state index contributed by atoms with van der Waals surface area (Å²) >= 11 is 0. The summed E-state index contributed by atoms with van der Waals surface area (Å²) in [5.74, 6) is -2.03. The van der Waals surface area contributed by atoms with Crippen LogP contribution in [0.2, 0.25) is 0 Å². The number of sulfonamides is 1. The molecular weight excluding hydrogens is 356 g/mol.